The molecule has 0 bridgehead atoms. The molecule has 1 aromatic heterocycles. The van der Waals surface area contributed by atoms with Crippen molar-refractivity contribution in [2.75, 3.05) is 7.05 Å². The van der Waals surface area contributed by atoms with Gasteiger partial charge in [0, 0.05) is 0 Å². The summed E-state index contributed by atoms with van der Waals surface area (Å²) >= 11 is 0. The van der Waals surface area contributed by atoms with Gasteiger partial charge < -0.3 is 5.32 Å². The van der Waals surface area contributed by atoms with Crippen LogP contribution in [0.15, 0.2) is 0 Å². The Hall–Kier alpha value is -0.970. The molecule has 1 aromatic rings. The molecule has 0 aliphatic rings. The van der Waals surface area contributed by atoms with Gasteiger partial charge >= 0.3 is 0 Å². The average Bonchev–Trinajstić information content (AvgIpc) is 2.68. The van der Waals surface area contributed by atoms with Crippen LogP contribution >= 0.6 is 0 Å². The molecule has 1 heterocycles. The zero-order chi connectivity index (χ0) is 10.6. The second-order valence-corrected chi connectivity index (χ2v) is 3.46. The van der Waals surface area contributed by atoms with Crippen molar-refractivity contribution in [1.29, 1.82) is 0 Å². The van der Waals surface area contributed by atoms with Crippen LogP contribution in [0.4, 0.5) is 0 Å². The second kappa shape index (κ2) is 5.05. The first-order valence-electron chi connectivity index (χ1n) is 5.19. The molecule has 1 atom stereocenters. The monoisotopic (exact) mass is 197 g/mol. The fraction of sp³-hybridized carbons (Fsp3) is 0.889. The van der Waals surface area contributed by atoms with E-state index in [0.29, 0.717) is 6.04 Å². The van der Waals surface area contributed by atoms with E-state index < -0.39 is 0 Å². The van der Waals surface area contributed by atoms with E-state index in [1.54, 1.807) is 0 Å². The van der Waals surface area contributed by atoms with Crippen LogP contribution in [-0.2, 0) is 0 Å². The van der Waals surface area contributed by atoms with Crippen molar-refractivity contribution in [2.24, 2.45) is 0 Å². The fourth-order valence-electron chi connectivity index (χ4n) is 1.51. The predicted molar refractivity (Wildman–Crippen MR) is 54.9 cm³/mol. The van der Waals surface area contributed by atoms with Crippen molar-refractivity contribution >= 4 is 0 Å². The van der Waals surface area contributed by atoms with Crippen molar-refractivity contribution in [1.82, 2.24) is 25.5 Å². The van der Waals surface area contributed by atoms with Crippen molar-refractivity contribution in [3.8, 4) is 0 Å². The summed E-state index contributed by atoms with van der Waals surface area (Å²) in [5.74, 6) is 0.918. The molecular weight excluding hydrogens is 178 g/mol. The first kappa shape index (κ1) is 11.1. The molecule has 0 aromatic carbocycles. The highest BCUT2D eigenvalue weighted by atomic mass is 15.6. The van der Waals surface area contributed by atoms with Gasteiger partial charge in [-0.2, -0.15) is 0 Å². The first-order chi connectivity index (χ1) is 6.74. The summed E-state index contributed by atoms with van der Waals surface area (Å²) in [7, 11) is 1.91. The molecule has 5 heteroatoms. The summed E-state index contributed by atoms with van der Waals surface area (Å²) < 4.78 is 1.93. The molecule has 0 saturated carbocycles. The maximum Gasteiger partial charge on any atom is 0.168 e. The zero-order valence-electron chi connectivity index (χ0n) is 9.36. The molecule has 0 amide bonds. The van der Waals surface area contributed by atoms with Crippen molar-refractivity contribution in [3.05, 3.63) is 5.82 Å². The van der Waals surface area contributed by atoms with Crippen LogP contribution in [0.2, 0.25) is 0 Å². The first-order valence-corrected chi connectivity index (χ1v) is 5.19. The van der Waals surface area contributed by atoms with Gasteiger partial charge in [0.15, 0.2) is 5.82 Å². The Bertz CT molecular complexity index is 266. The van der Waals surface area contributed by atoms with E-state index in [2.05, 4.69) is 41.6 Å². The van der Waals surface area contributed by atoms with Crippen LogP contribution in [0.25, 0.3) is 0 Å². The number of nitrogens with zero attached hydrogens (tertiary/aromatic N) is 4. The Morgan fingerprint density at radius 3 is 2.50 bits per heavy atom. The summed E-state index contributed by atoms with van der Waals surface area (Å²) in [6, 6.07) is 0.612. The van der Waals surface area contributed by atoms with Crippen LogP contribution in [0, 0.1) is 0 Å². The van der Waals surface area contributed by atoms with E-state index >= 15 is 0 Å². The quantitative estimate of drug-likeness (QED) is 0.773. The molecule has 1 rings (SSSR count). The molecule has 0 saturated heterocycles. The summed E-state index contributed by atoms with van der Waals surface area (Å²) in [6.07, 6.45) is 2.12. The van der Waals surface area contributed by atoms with Crippen LogP contribution < -0.4 is 5.32 Å². The number of rotatable bonds is 5. The second-order valence-electron chi connectivity index (χ2n) is 3.46. The Kier molecular flexibility index (Phi) is 4.00. The fourth-order valence-corrected chi connectivity index (χ4v) is 1.51. The number of aromatic nitrogens is 4. The molecule has 1 N–H and O–H groups in total. The van der Waals surface area contributed by atoms with Crippen LogP contribution in [0.3, 0.4) is 0 Å². The molecule has 0 fully saturated rings. The maximum atomic E-state index is 4.04. The third-order valence-corrected chi connectivity index (χ3v) is 2.63. The number of tetrazole rings is 1. The lowest BCUT2D eigenvalue weighted by Crippen LogP contribution is -2.21. The van der Waals surface area contributed by atoms with E-state index in [-0.39, 0.29) is 6.04 Å². The Balaban J connectivity index is 2.90. The molecule has 80 valence electrons. The number of hydrogen-bond acceptors (Lipinski definition) is 4. The molecule has 1 unspecified atom stereocenters. The lowest BCUT2D eigenvalue weighted by atomic mass is 10.1. The van der Waals surface area contributed by atoms with E-state index in [4.69, 9.17) is 0 Å². The standard InChI is InChI=1S/C9H19N5/c1-5-8(6-2)14-9(7(3)10-4)11-12-13-14/h7-8,10H,5-6H2,1-4H3. The molecule has 14 heavy (non-hydrogen) atoms. The number of hydrogen-bond donors (Lipinski definition) is 1. The van der Waals surface area contributed by atoms with Gasteiger partial charge in [0.1, 0.15) is 0 Å². The van der Waals surface area contributed by atoms with Crippen molar-refractivity contribution in [2.45, 2.75) is 45.7 Å². The van der Waals surface area contributed by atoms with Crippen molar-refractivity contribution in [3.63, 3.8) is 0 Å². The summed E-state index contributed by atoms with van der Waals surface area (Å²) in [5, 5.41) is 15.0. The van der Waals surface area contributed by atoms with Gasteiger partial charge in [-0.05, 0) is 37.2 Å². The minimum absolute atomic E-state index is 0.200. The zero-order valence-corrected chi connectivity index (χ0v) is 9.36. The smallest absolute Gasteiger partial charge is 0.168 e. The summed E-state index contributed by atoms with van der Waals surface area (Å²) in [5.41, 5.74) is 0. The van der Waals surface area contributed by atoms with Gasteiger partial charge in [-0.15, -0.1) is 5.10 Å². The van der Waals surface area contributed by atoms with Gasteiger partial charge in [-0.25, -0.2) is 4.68 Å². The Labute approximate surface area is 84.9 Å². The van der Waals surface area contributed by atoms with Gasteiger partial charge in [0.05, 0.1) is 12.1 Å². The van der Waals surface area contributed by atoms with E-state index in [1.165, 1.54) is 0 Å². The predicted octanol–water partition coefficient (Wildman–Crippen LogP) is 1.31. The summed E-state index contributed by atoms with van der Waals surface area (Å²) in [4.78, 5) is 0. The largest absolute Gasteiger partial charge is 0.311 e. The third kappa shape index (κ3) is 2.09. The van der Waals surface area contributed by atoms with E-state index in [0.717, 1.165) is 18.7 Å². The topological polar surface area (TPSA) is 55.6 Å². The highest BCUT2D eigenvalue weighted by Crippen LogP contribution is 2.18. The molecule has 0 aliphatic heterocycles. The molecular formula is C9H19N5. The van der Waals surface area contributed by atoms with Crippen LogP contribution in [0.1, 0.15) is 51.5 Å². The minimum atomic E-state index is 0.200. The van der Waals surface area contributed by atoms with E-state index in [9.17, 15) is 0 Å². The normalized spacial score (nSPS) is 13.5. The van der Waals surface area contributed by atoms with Gasteiger partial charge in [-0.3, -0.25) is 0 Å². The highest BCUT2D eigenvalue weighted by molar-refractivity contribution is 4.91. The minimum Gasteiger partial charge on any atom is -0.311 e. The lowest BCUT2D eigenvalue weighted by molar-refractivity contribution is 0.389. The molecule has 0 spiro atoms. The van der Waals surface area contributed by atoms with Gasteiger partial charge in [0.2, 0.25) is 0 Å². The van der Waals surface area contributed by atoms with Crippen molar-refractivity contribution < 1.29 is 0 Å². The van der Waals surface area contributed by atoms with Crippen LogP contribution in [0.5, 0.6) is 0 Å². The SMILES string of the molecule is CCC(CC)n1nnnc1C(C)NC. The molecule has 0 aliphatic carbocycles. The van der Waals surface area contributed by atoms with Gasteiger partial charge in [-0.1, -0.05) is 13.8 Å². The Morgan fingerprint density at radius 1 is 1.36 bits per heavy atom. The molecule has 5 nitrogen and oxygen atoms in total. The number of nitrogens with one attached hydrogen (secondary N) is 1. The van der Waals surface area contributed by atoms with E-state index in [1.807, 2.05) is 11.7 Å². The molecule has 0 radical (unpaired) electrons. The summed E-state index contributed by atoms with van der Waals surface area (Å²) in [6.45, 7) is 6.37. The Morgan fingerprint density at radius 2 is 2.00 bits per heavy atom. The average molecular weight is 197 g/mol. The lowest BCUT2D eigenvalue weighted by Gasteiger charge is -2.16. The van der Waals surface area contributed by atoms with Crippen LogP contribution in [-0.4, -0.2) is 27.3 Å². The van der Waals surface area contributed by atoms with Gasteiger partial charge in [0.25, 0.3) is 0 Å². The third-order valence-electron chi connectivity index (χ3n) is 2.63. The maximum absolute atomic E-state index is 4.04. The highest BCUT2D eigenvalue weighted by Gasteiger charge is 2.17.